The Hall–Kier alpha value is -0.930. The van der Waals surface area contributed by atoms with E-state index in [0.29, 0.717) is 12.2 Å². The minimum Gasteiger partial charge on any atom is -0.374 e. The summed E-state index contributed by atoms with van der Waals surface area (Å²) in [6, 6.07) is 5.24. The molecule has 18 heavy (non-hydrogen) atoms. The Morgan fingerprint density at radius 3 is 2.78 bits per heavy atom. The Bertz CT molecular complexity index is 354. The van der Waals surface area contributed by atoms with Crippen molar-refractivity contribution in [2.24, 2.45) is 0 Å². The van der Waals surface area contributed by atoms with Crippen LogP contribution in [0.1, 0.15) is 44.7 Å². The molecule has 1 atom stereocenters. The van der Waals surface area contributed by atoms with Crippen molar-refractivity contribution < 1.29 is 9.13 Å². The van der Waals surface area contributed by atoms with Gasteiger partial charge in [-0.05, 0) is 44.0 Å². The van der Waals surface area contributed by atoms with Crippen LogP contribution in [-0.4, -0.2) is 12.6 Å². The molecule has 1 aromatic carbocycles. The van der Waals surface area contributed by atoms with Gasteiger partial charge in [0, 0.05) is 12.1 Å². The Kier molecular flexibility index (Phi) is 6.91. The molecule has 102 valence electrons. The molecule has 0 aliphatic rings. The summed E-state index contributed by atoms with van der Waals surface area (Å²) in [5, 5.41) is 3.31. The van der Waals surface area contributed by atoms with Gasteiger partial charge in [-0.15, -0.1) is 0 Å². The summed E-state index contributed by atoms with van der Waals surface area (Å²) in [5.74, 6) is -0.183. The largest absolute Gasteiger partial charge is 0.374 e. The maximum Gasteiger partial charge on any atom is 0.128 e. The Morgan fingerprint density at radius 1 is 1.33 bits per heavy atom. The van der Waals surface area contributed by atoms with E-state index in [9.17, 15) is 4.39 Å². The number of nitrogens with one attached hydrogen (secondary N) is 1. The fourth-order valence-corrected chi connectivity index (χ4v) is 1.61. The Morgan fingerprint density at radius 2 is 2.11 bits per heavy atom. The highest BCUT2D eigenvalue weighted by Gasteiger charge is 2.06. The van der Waals surface area contributed by atoms with Crippen molar-refractivity contribution in [3.05, 3.63) is 35.1 Å². The highest BCUT2D eigenvalue weighted by molar-refractivity contribution is 5.24. The molecule has 0 amide bonds. The molecule has 0 heterocycles. The molecule has 3 heteroatoms. The third-order valence-electron chi connectivity index (χ3n) is 2.96. The SMILES string of the molecule is CCCNCc1ccc(F)c(COC(C)CC)c1. The second kappa shape index (κ2) is 8.22. The molecule has 1 aromatic rings. The van der Waals surface area contributed by atoms with Crippen LogP contribution >= 0.6 is 0 Å². The molecule has 0 radical (unpaired) electrons. The van der Waals surface area contributed by atoms with Gasteiger partial charge in [-0.3, -0.25) is 0 Å². The first-order valence-electron chi connectivity index (χ1n) is 6.77. The van der Waals surface area contributed by atoms with Gasteiger partial charge in [0.1, 0.15) is 5.82 Å². The van der Waals surface area contributed by atoms with Gasteiger partial charge in [0.15, 0.2) is 0 Å². The number of halogens is 1. The Labute approximate surface area is 110 Å². The predicted molar refractivity (Wildman–Crippen MR) is 72.9 cm³/mol. The van der Waals surface area contributed by atoms with Gasteiger partial charge in [0.2, 0.25) is 0 Å². The summed E-state index contributed by atoms with van der Waals surface area (Å²) < 4.78 is 19.2. The Balaban J connectivity index is 2.57. The van der Waals surface area contributed by atoms with Crippen molar-refractivity contribution in [2.45, 2.75) is 52.9 Å². The second-order valence-corrected chi connectivity index (χ2v) is 4.63. The van der Waals surface area contributed by atoms with E-state index in [1.165, 1.54) is 6.07 Å². The second-order valence-electron chi connectivity index (χ2n) is 4.63. The molecule has 0 bridgehead atoms. The molecule has 1 rings (SSSR count). The van der Waals surface area contributed by atoms with Crippen LogP contribution in [-0.2, 0) is 17.9 Å². The van der Waals surface area contributed by atoms with E-state index in [1.807, 2.05) is 19.1 Å². The van der Waals surface area contributed by atoms with E-state index >= 15 is 0 Å². The van der Waals surface area contributed by atoms with E-state index in [-0.39, 0.29) is 11.9 Å². The van der Waals surface area contributed by atoms with Crippen molar-refractivity contribution >= 4 is 0 Å². The molecule has 1 N–H and O–H groups in total. The highest BCUT2D eigenvalue weighted by atomic mass is 19.1. The summed E-state index contributed by atoms with van der Waals surface area (Å²) in [6.07, 6.45) is 2.22. The third-order valence-corrected chi connectivity index (χ3v) is 2.96. The molecule has 0 saturated heterocycles. The summed E-state index contributed by atoms with van der Waals surface area (Å²) in [4.78, 5) is 0. The fourth-order valence-electron chi connectivity index (χ4n) is 1.61. The van der Waals surface area contributed by atoms with Gasteiger partial charge in [0.05, 0.1) is 12.7 Å². The molecule has 0 aliphatic carbocycles. The van der Waals surface area contributed by atoms with Crippen molar-refractivity contribution in [3.8, 4) is 0 Å². The number of hydrogen-bond donors (Lipinski definition) is 1. The van der Waals surface area contributed by atoms with Crippen molar-refractivity contribution in [2.75, 3.05) is 6.54 Å². The van der Waals surface area contributed by atoms with Crippen LogP contribution in [0, 0.1) is 5.82 Å². The minimum absolute atomic E-state index is 0.172. The summed E-state index contributed by atoms with van der Waals surface area (Å²) in [7, 11) is 0. The predicted octanol–water partition coefficient (Wildman–Crippen LogP) is 3.64. The van der Waals surface area contributed by atoms with Crippen LogP contribution in [0.2, 0.25) is 0 Å². The molecule has 0 saturated carbocycles. The zero-order chi connectivity index (χ0) is 13.4. The van der Waals surface area contributed by atoms with E-state index in [1.54, 1.807) is 0 Å². The fraction of sp³-hybridized carbons (Fsp3) is 0.600. The first kappa shape index (κ1) is 15.1. The van der Waals surface area contributed by atoms with E-state index < -0.39 is 0 Å². The van der Waals surface area contributed by atoms with E-state index in [4.69, 9.17) is 4.74 Å². The standard InChI is InChI=1S/C15H24FNO/c1-4-8-17-10-13-6-7-15(16)14(9-13)11-18-12(3)5-2/h6-7,9,12,17H,4-5,8,10-11H2,1-3H3. The smallest absolute Gasteiger partial charge is 0.128 e. The van der Waals surface area contributed by atoms with Crippen LogP contribution in [0.3, 0.4) is 0 Å². The van der Waals surface area contributed by atoms with Gasteiger partial charge >= 0.3 is 0 Å². The van der Waals surface area contributed by atoms with Crippen LogP contribution in [0.15, 0.2) is 18.2 Å². The summed E-state index contributed by atoms with van der Waals surface area (Å²) in [6.45, 7) is 8.31. The van der Waals surface area contributed by atoms with Gasteiger partial charge in [0.25, 0.3) is 0 Å². The maximum absolute atomic E-state index is 13.6. The molecular formula is C15H24FNO. The first-order valence-corrected chi connectivity index (χ1v) is 6.77. The molecule has 0 aliphatic heterocycles. The third kappa shape index (κ3) is 5.15. The van der Waals surface area contributed by atoms with Crippen LogP contribution in [0.5, 0.6) is 0 Å². The van der Waals surface area contributed by atoms with E-state index in [2.05, 4.69) is 19.2 Å². The lowest BCUT2D eigenvalue weighted by molar-refractivity contribution is 0.0492. The topological polar surface area (TPSA) is 21.3 Å². The van der Waals surface area contributed by atoms with Gasteiger partial charge < -0.3 is 10.1 Å². The summed E-state index contributed by atoms with van der Waals surface area (Å²) >= 11 is 0. The van der Waals surface area contributed by atoms with Gasteiger partial charge in [-0.2, -0.15) is 0 Å². The molecule has 2 nitrogen and oxygen atoms in total. The average Bonchev–Trinajstić information content (AvgIpc) is 2.39. The quantitative estimate of drug-likeness (QED) is 0.714. The average molecular weight is 253 g/mol. The number of ether oxygens (including phenoxy) is 1. The monoisotopic (exact) mass is 253 g/mol. The van der Waals surface area contributed by atoms with E-state index in [0.717, 1.165) is 31.5 Å². The molecule has 0 spiro atoms. The molecule has 1 unspecified atom stereocenters. The lowest BCUT2D eigenvalue weighted by Crippen LogP contribution is -2.14. The normalized spacial score (nSPS) is 12.7. The molecular weight excluding hydrogens is 229 g/mol. The first-order chi connectivity index (χ1) is 8.67. The number of rotatable bonds is 8. The molecule has 0 fully saturated rings. The van der Waals surface area contributed by atoms with Crippen LogP contribution in [0.4, 0.5) is 4.39 Å². The lowest BCUT2D eigenvalue weighted by atomic mass is 10.1. The van der Waals surface area contributed by atoms with Crippen molar-refractivity contribution in [1.29, 1.82) is 0 Å². The zero-order valence-corrected chi connectivity index (χ0v) is 11.6. The van der Waals surface area contributed by atoms with Gasteiger partial charge in [-0.25, -0.2) is 4.39 Å². The van der Waals surface area contributed by atoms with Crippen LogP contribution in [0.25, 0.3) is 0 Å². The van der Waals surface area contributed by atoms with Crippen LogP contribution < -0.4 is 5.32 Å². The minimum atomic E-state index is -0.183. The zero-order valence-electron chi connectivity index (χ0n) is 11.6. The maximum atomic E-state index is 13.6. The summed E-state index contributed by atoms with van der Waals surface area (Å²) in [5.41, 5.74) is 1.75. The highest BCUT2D eigenvalue weighted by Crippen LogP contribution is 2.13. The number of hydrogen-bond acceptors (Lipinski definition) is 2. The lowest BCUT2D eigenvalue weighted by Gasteiger charge is -2.12. The molecule has 0 aromatic heterocycles. The van der Waals surface area contributed by atoms with Crippen molar-refractivity contribution in [1.82, 2.24) is 5.32 Å². The van der Waals surface area contributed by atoms with Gasteiger partial charge in [-0.1, -0.05) is 19.9 Å². The number of benzene rings is 1. The van der Waals surface area contributed by atoms with Crippen molar-refractivity contribution in [3.63, 3.8) is 0 Å².